The van der Waals surface area contributed by atoms with Gasteiger partial charge in [-0.3, -0.25) is 34.3 Å². The Labute approximate surface area is 198 Å². The standard InChI is InChI=1S/C25H31N5O4/c31-22-6-5-21(23(32)27-22)30-24(33)19-4-3-16(11-20(19)25(30)34)28-13-17-1-2-18(14-28)29(17)12-15-7-9-26-10-8-15/h3-4,11,15,17-18,21,26H,1-2,5-10,12-14H2,(H,27,31,32). The minimum absolute atomic E-state index is 0.124. The number of amides is 4. The number of carbonyl (C=O) groups excluding carboxylic acids is 4. The summed E-state index contributed by atoms with van der Waals surface area (Å²) >= 11 is 0. The van der Waals surface area contributed by atoms with Gasteiger partial charge in [0, 0.05) is 43.8 Å². The number of piperazine rings is 1. The zero-order valence-corrected chi connectivity index (χ0v) is 19.3. The van der Waals surface area contributed by atoms with Crippen LogP contribution < -0.4 is 15.5 Å². The van der Waals surface area contributed by atoms with Crippen molar-refractivity contribution in [3.05, 3.63) is 29.3 Å². The largest absolute Gasteiger partial charge is 0.368 e. The highest BCUT2D eigenvalue weighted by Crippen LogP contribution is 2.36. The minimum atomic E-state index is -0.928. The maximum atomic E-state index is 13.2. The molecular weight excluding hydrogens is 434 g/mol. The third-order valence-corrected chi connectivity index (χ3v) is 8.35. The average molecular weight is 466 g/mol. The van der Waals surface area contributed by atoms with E-state index in [4.69, 9.17) is 0 Å². The molecule has 2 N–H and O–H groups in total. The fourth-order valence-electron chi connectivity index (χ4n) is 6.52. The van der Waals surface area contributed by atoms with Crippen molar-refractivity contribution in [3.63, 3.8) is 0 Å². The van der Waals surface area contributed by atoms with Crippen LogP contribution in [-0.2, 0) is 9.59 Å². The predicted octanol–water partition coefficient (Wildman–Crippen LogP) is 0.740. The quantitative estimate of drug-likeness (QED) is 0.633. The monoisotopic (exact) mass is 465 g/mol. The first kappa shape index (κ1) is 21.7. The van der Waals surface area contributed by atoms with Gasteiger partial charge in [-0.25, -0.2) is 0 Å². The van der Waals surface area contributed by atoms with Crippen LogP contribution in [0.15, 0.2) is 18.2 Å². The number of nitrogens with zero attached hydrogens (tertiary/aromatic N) is 3. The van der Waals surface area contributed by atoms with Crippen LogP contribution in [0.1, 0.15) is 59.2 Å². The zero-order chi connectivity index (χ0) is 23.4. The van der Waals surface area contributed by atoms with Crippen LogP contribution in [0.2, 0.25) is 0 Å². The van der Waals surface area contributed by atoms with Gasteiger partial charge in [-0.2, -0.15) is 0 Å². The Bertz CT molecular complexity index is 1040. The molecule has 2 bridgehead atoms. The van der Waals surface area contributed by atoms with Crippen molar-refractivity contribution in [2.45, 2.75) is 56.7 Å². The molecule has 3 atom stereocenters. The highest BCUT2D eigenvalue weighted by Gasteiger charge is 2.45. The van der Waals surface area contributed by atoms with Crippen LogP contribution in [-0.4, -0.2) is 84.3 Å². The van der Waals surface area contributed by atoms with E-state index in [9.17, 15) is 19.2 Å². The summed E-state index contributed by atoms with van der Waals surface area (Å²) in [5, 5.41) is 5.70. The molecular formula is C25H31N5O4. The second kappa shape index (κ2) is 8.46. The molecule has 0 radical (unpaired) electrons. The molecule has 9 nitrogen and oxygen atoms in total. The Hall–Kier alpha value is -2.78. The Morgan fingerprint density at radius 2 is 1.56 bits per heavy atom. The molecule has 5 heterocycles. The molecule has 5 aliphatic rings. The van der Waals surface area contributed by atoms with Crippen molar-refractivity contribution in [1.29, 1.82) is 0 Å². The van der Waals surface area contributed by atoms with Crippen LogP contribution in [0.4, 0.5) is 5.69 Å². The van der Waals surface area contributed by atoms with Gasteiger partial charge in [-0.05, 0) is 69.3 Å². The minimum Gasteiger partial charge on any atom is -0.368 e. The summed E-state index contributed by atoms with van der Waals surface area (Å²) in [7, 11) is 0. The van der Waals surface area contributed by atoms with E-state index in [2.05, 4.69) is 20.4 Å². The first-order valence-corrected chi connectivity index (χ1v) is 12.6. The topological polar surface area (TPSA) is 102 Å². The van der Waals surface area contributed by atoms with Gasteiger partial charge in [0.15, 0.2) is 0 Å². The molecule has 34 heavy (non-hydrogen) atoms. The first-order valence-electron chi connectivity index (χ1n) is 12.6. The molecule has 4 fully saturated rings. The highest BCUT2D eigenvalue weighted by molar-refractivity contribution is 6.23. The second-order valence-electron chi connectivity index (χ2n) is 10.4. The molecule has 1 aromatic carbocycles. The lowest BCUT2D eigenvalue weighted by molar-refractivity contribution is -0.136. The van der Waals surface area contributed by atoms with Crippen LogP contribution >= 0.6 is 0 Å². The number of anilines is 1. The molecule has 9 heteroatoms. The fourth-order valence-corrected chi connectivity index (χ4v) is 6.52. The molecule has 0 saturated carbocycles. The number of piperidine rings is 2. The second-order valence-corrected chi connectivity index (χ2v) is 10.4. The molecule has 6 rings (SSSR count). The van der Waals surface area contributed by atoms with E-state index in [0.29, 0.717) is 23.2 Å². The Balaban J connectivity index is 1.18. The van der Waals surface area contributed by atoms with Gasteiger partial charge < -0.3 is 10.2 Å². The van der Waals surface area contributed by atoms with Crippen LogP contribution in [0.25, 0.3) is 0 Å². The molecule has 0 spiro atoms. The van der Waals surface area contributed by atoms with Crippen LogP contribution in [0, 0.1) is 5.92 Å². The van der Waals surface area contributed by atoms with Crippen LogP contribution in [0.5, 0.6) is 0 Å². The van der Waals surface area contributed by atoms with Gasteiger partial charge in [0.25, 0.3) is 11.8 Å². The summed E-state index contributed by atoms with van der Waals surface area (Å²) in [6, 6.07) is 5.60. The Morgan fingerprint density at radius 3 is 2.26 bits per heavy atom. The van der Waals surface area contributed by atoms with Crippen molar-refractivity contribution in [3.8, 4) is 0 Å². The lowest BCUT2D eigenvalue weighted by Crippen LogP contribution is -2.55. The molecule has 0 aliphatic carbocycles. The summed E-state index contributed by atoms with van der Waals surface area (Å²) < 4.78 is 0. The summed E-state index contributed by atoms with van der Waals surface area (Å²) in [6.07, 6.45) is 5.22. The zero-order valence-electron chi connectivity index (χ0n) is 19.3. The number of carbonyl (C=O) groups is 4. The number of imide groups is 2. The molecule has 5 aliphatic heterocycles. The number of hydrogen-bond donors (Lipinski definition) is 2. The van der Waals surface area contributed by atoms with Gasteiger partial charge in [-0.15, -0.1) is 0 Å². The van der Waals surface area contributed by atoms with Gasteiger partial charge in [-0.1, -0.05) is 0 Å². The normalized spacial score (nSPS) is 30.2. The number of nitrogens with one attached hydrogen (secondary N) is 2. The third kappa shape index (κ3) is 3.62. The first-order chi connectivity index (χ1) is 16.5. The van der Waals surface area contributed by atoms with E-state index in [1.165, 1.54) is 32.2 Å². The van der Waals surface area contributed by atoms with Crippen LogP contribution in [0.3, 0.4) is 0 Å². The summed E-state index contributed by atoms with van der Waals surface area (Å²) in [4.78, 5) is 56.1. The molecule has 4 amide bonds. The molecule has 1 aromatic rings. The number of fused-ring (bicyclic) bond motifs is 3. The number of benzene rings is 1. The van der Waals surface area contributed by atoms with Crippen molar-refractivity contribution in [2.75, 3.05) is 37.6 Å². The van der Waals surface area contributed by atoms with Gasteiger partial charge in [0.1, 0.15) is 6.04 Å². The number of hydrogen-bond acceptors (Lipinski definition) is 7. The average Bonchev–Trinajstić information content (AvgIpc) is 3.21. The van der Waals surface area contributed by atoms with Crippen molar-refractivity contribution < 1.29 is 19.2 Å². The fraction of sp³-hybridized carbons (Fsp3) is 0.600. The van der Waals surface area contributed by atoms with Gasteiger partial charge in [0.05, 0.1) is 11.1 Å². The van der Waals surface area contributed by atoms with E-state index in [0.717, 1.165) is 42.7 Å². The van der Waals surface area contributed by atoms with Gasteiger partial charge in [0.2, 0.25) is 11.8 Å². The van der Waals surface area contributed by atoms with E-state index in [-0.39, 0.29) is 18.7 Å². The highest BCUT2D eigenvalue weighted by atomic mass is 16.2. The molecule has 180 valence electrons. The van der Waals surface area contributed by atoms with E-state index in [1.54, 1.807) is 6.07 Å². The number of rotatable bonds is 4. The Kier molecular flexibility index (Phi) is 5.41. The summed E-state index contributed by atoms with van der Waals surface area (Å²) in [5.74, 6) is -1.06. The molecule has 3 unspecified atom stereocenters. The molecule has 4 saturated heterocycles. The maximum absolute atomic E-state index is 13.2. The smallest absolute Gasteiger partial charge is 0.262 e. The van der Waals surface area contributed by atoms with Crippen molar-refractivity contribution in [1.82, 2.24) is 20.4 Å². The van der Waals surface area contributed by atoms with Crippen molar-refractivity contribution >= 4 is 29.3 Å². The molecule has 0 aromatic heterocycles. The van der Waals surface area contributed by atoms with Crippen molar-refractivity contribution in [2.24, 2.45) is 5.92 Å². The van der Waals surface area contributed by atoms with E-state index >= 15 is 0 Å². The summed E-state index contributed by atoms with van der Waals surface area (Å²) in [5.41, 5.74) is 1.66. The SMILES string of the molecule is O=C1CCC(N2C(=O)c3ccc(N4CC5CCC(C4)N5CC4CCNCC4)cc3C2=O)C(=O)N1. The summed E-state index contributed by atoms with van der Waals surface area (Å²) in [6.45, 7) is 5.29. The third-order valence-electron chi connectivity index (χ3n) is 8.35. The lowest BCUT2D eigenvalue weighted by Gasteiger charge is -2.44. The Morgan fingerprint density at radius 1 is 0.853 bits per heavy atom. The maximum Gasteiger partial charge on any atom is 0.262 e. The van der Waals surface area contributed by atoms with Gasteiger partial charge >= 0.3 is 0 Å². The predicted molar refractivity (Wildman–Crippen MR) is 124 cm³/mol. The van der Waals surface area contributed by atoms with E-state index < -0.39 is 23.8 Å². The lowest BCUT2D eigenvalue weighted by atomic mass is 9.96. The van der Waals surface area contributed by atoms with E-state index in [1.807, 2.05) is 12.1 Å².